The van der Waals surface area contributed by atoms with Crippen molar-refractivity contribution in [3.8, 4) is 11.5 Å². The van der Waals surface area contributed by atoms with E-state index in [9.17, 15) is 4.79 Å². The second-order valence-corrected chi connectivity index (χ2v) is 6.33. The smallest absolute Gasteiger partial charge is 0.314 e. The van der Waals surface area contributed by atoms with Crippen LogP contribution in [0.5, 0.6) is 11.5 Å². The Kier molecular flexibility index (Phi) is 7.32. The van der Waals surface area contributed by atoms with Crippen LogP contribution in [0, 0.1) is 0 Å². The van der Waals surface area contributed by atoms with Crippen molar-refractivity contribution in [2.75, 3.05) is 40.4 Å². The number of nitrogens with one attached hydrogen (secondary N) is 3. The molecular formula is C18H28N4O3S. The molecule has 1 atom stereocenters. The fourth-order valence-corrected chi connectivity index (χ4v) is 3.52. The Hall–Kier alpha value is -2.22. The lowest BCUT2D eigenvalue weighted by molar-refractivity contribution is 0.233. The van der Waals surface area contributed by atoms with Gasteiger partial charge in [-0.3, -0.25) is 0 Å². The van der Waals surface area contributed by atoms with Crippen molar-refractivity contribution in [1.29, 1.82) is 0 Å². The van der Waals surface area contributed by atoms with E-state index in [1.165, 1.54) is 5.56 Å². The molecule has 2 amide bonds. The first-order valence-electron chi connectivity index (χ1n) is 8.86. The van der Waals surface area contributed by atoms with Crippen LogP contribution in [0.25, 0.3) is 0 Å². The Morgan fingerprint density at radius 2 is 1.81 bits per heavy atom. The van der Waals surface area contributed by atoms with Crippen molar-refractivity contribution in [3.05, 3.63) is 23.3 Å². The summed E-state index contributed by atoms with van der Waals surface area (Å²) in [5, 5.41) is 9.60. The lowest BCUT2D eigenvalue weighted by Gasteiger charge is -2.39. The maximum Gasteiger partial charge on any atom is 0.314 e. The Bertz CT molecular complexity index is 654. The molecule has 1 aliphatic rings. The number of carbonyl (C=O) groups excluding carboxylic acids is 1. The van der Waals surface area contributed by atoms with Crippen LogP contribution >= 0.6 is 12.2 Å². The first-order valence-corrected chi connectivity index (χ1v) is 9.27. The summed E-state index contributed by atoms with van der Waals surface area (Å²) in [5.41, 5.74) is 2.27. The third-order valence-electron chi connectivity index (χ3n) is 4.38. The van der Waals surface area contributed by atoms with Crippen LogP contribution in [0.3, 0.4) is 0 Å². The molecule has 0 bridgehead atoms. The minimum absolute atomic E-state index is 0.0762. The Balaban J connectivity index is 2.35. The van der Waals surface area contributed by atoms with Crippen molar-refractivity contribution >= 4 is 23.4 Å². The number of nitrogens with zero attached hydrogens (tertiary/aromatic N) is 1. The van der Waals surface area contributed by atoms with Crippen molar-refractivity contribution in [3.63, 3.8) is 0 Å². The van der Waals surface area contributed by atoms with Gasteiger partial charge in [-0.25, -0.2) is 4.79 Å². The van der Waals surface area contributed by atoms with Gasteiger partial charge >= 0.3 is 6.03 Å². The van der Waals surface area contributed by atoms with Gasteiger partial charge in [-0.2, -0.15) is 0 Å². The Morgan fingerprint density at radius 3 is 2.42 bits per heavy atom. The molecule has 0 saturated heterocycles. The Labute approximate surface area is 160 Å². The number of hydrogen-bond acceptors (Lipinski definition) is 4. The van der Waals surface area contributed by atoms with Gasteiger partial charge in [-0.05, 0) is 55.7 Å². The molecule has 1 heterocycles. The number of methoxy groups -OCH3 is 2. The summed E-state index contributed by atoms with van der Waals surface area (Å²) in [6.07, 6.45) is 0.846. The molecule has 1 aliphatic heterocycles. The van der Waals surface area contributed by atoms with Crippen LogP contribution in [0.2, 0.25) is 0 Å². The average Bonchev–Trinajstić information content (AvgIpc) is 2.65. The zero-order valence-corrected chi connectivity index (χ0v) is 16.7. The summed E-state index contributed by atoms with van der Waals surface area (Å²) in [4.78, 5) is 14.0. The molecule has 0 aromatic heterocycles. The predicted molar refractivity (Wildman–Crippen MR) is 106 cm³/mol. The molecule has 0 aliphatic carbocycles. The Morgan fingerprint density at radius 1 is 1.15 bits per heavy atom. The van der Waals surface area contributed by atoms with E-state index in [2.05, 4.69) is 20.9 Å². The van der Waals surface area contributed by atoms with Crippen LogP contribution in [0.15, 0.2) is 12.1 Å². The number of carbonyl (C=O) groups is 1. The maximum absolute atomic E-state index is 11.9. The number of ether oxygens (including phenoxy) is 2. The van der Waals surface area contributed by atoms with E-state index in [1.807, 2.05) is 26.0 Å². The van der Waals surface area contributed by atoms with Crippen molar-refractivity contribution in [2.45, 2.75) is 26.3 Å². The van der Waals surface area contributed by atoms with Gasteiger partial charge in [-0.1, -0.05) is 0 Å². The maximum atomic E-state index is 11.9. The van der Waals surface area contributed by atoms with Crippen molar-refractivity contribution in [1.82, 2.24) is 20.9 Å². The van der Waals surface area contributed by atoms with E-state index in [4.69, 9.17) is 21.7 Å². The number of hydrogen-bond donors (Lipinski definition) is 3. The zero-order valence-electron chi connectivity index (χ0n) is 15.8. The molecule has 2 rings (SSSR count). The quantitative estimate of drug-likeness (QED) is 0.654. The molecule has 3 N–H and O–H groups in total. The molecule has 8 heteroatoms. The molecule has 1 aromatic rings. The summed E-state index contributed by atoms with van der Waals surface area (Å²) >= 11 is 5.55. The lowest BCUT2D eigenvalue weighted by Crippen LogP contribution is -2.49. The summed E-state index contributed by atoms with van der Waals surface area (Å²) in [6.45, 7) is 6.46. The molecule has 0 saturated carbocycles. The minimum atomic E-state index is -0.186. The summed E-state index contributed by atoms with van der Waals surface area (Å²) in [7, 11) is 3.25. The van der Waals surface area contributed by atoms with Gasteiger partial charge in [0, 0.05) is 26.2 Å². The van der Waals surface area contributed by atoms with Crippen LogP contribution in [0.4, 0.5) is 4.79 Å². The van der Waals surface area contributed by atoms with Gasteiger partial charge in [0.2, 0.25) is 0 Å². The van der Waals surface area contributed by atoms with Gasteiger partial charge in [0.15, 0.2) is 16.6 Å². The molecule has 0 spiro atoms. The number of thiocarbonyl (C=S) groups is 1. The molecule has 0 radical (unpaired) electrons. The largest absolute Gasteiger partial charge is 0.493 e. The van der Waals surface area contributed by atoms with Crippen LogP contribution in [-0.2, 0) is 6.42 Å². The fourth-order valence-electron chi connectivity index (χ4n) is 3.16. The molecule has 0 unspecified atom stereocenters. The normalized spacial score (nSPS) is 15.7. The van der Waals surface area contributed by atoms with Crippen molar-refractivity contribution < 1.29 is 14.3 Å². The summed E-state index contributed by atoms with van der Waals surface area (Å²) < 4.78 is 10.9. The standard InChI is InChI=1S/C18H28N4O3S/c1-5-19-17(23)21-11-14-13-10-16(25-4)15(24-3)9-12(13)7-8-22(14)18(26)20-6-2/h9-10,14H,5-8,11H2,1-4H3,(H,20,26)(H2,19,21,23)/t14-/m1/s1. The highest BCUT2D eigenvalue weighted by Crippen LogP contribution is 2.37. The predicted octanol–water partition coefficient (Wildman–Crippen LogP) is 1.82. The van der Waals surface area contributed by atoms with Gasteiger partial charge in [0.1, 0.15) is 0 Å². The van der Waals surface area contributed by atoms with Crippen LogP contribution in [0.1, 0.15) is 31.0 Å². The average molecular weight is 381 g/mol. The molecule has 7 nitrogen and oxygen atoms in total. The van der Waals surface area contributed by atoms with Crippen LogP contribution < -0.4 is 25.4 Å². The number of fused-ring (bicyclic) bond motifs is 1. The topological polar surface area (TPSA) is 74.9 Å². The molecular weight excluding hydrogens is 352 g/mol. The highest BCUT2D eigenvalue weighted by molar-refractivity contribution is 7.80. The van der Waals surface area contributed by atoms with Gasteiger partial charge in [0.25, 0.3) is 0 Å². The van der Waals surface area contributed by atoms with E-state index in [0.717, 1.165) is 25.1 Å². The van der Waals surface area contributed by atoms with Gasteiger partial charge in [-0.15, -0.1) is 0 Å². The lowest BCUT2D eigenvalue weighted by atomic mass is 9.92. The highest BCUT2D eigenvalue weighted by Gasteiger charge is 2.30. The number of urea groups is 1. The molecule has 144 valence electrons. The SMILES string of the molecule is CCNC(=O)NC[C@@H]1c2cc(OC)c(OC)cc2CCN1C(=S)NCC. The second-order valence-electron chi connectivity index (χ2n) is 5.94. The zero-order chi connectivity index (χ0) is 19.1. The van der Waals surface area contributed by atoms with Gasteiger partial charge < -0.3 is 30.3 Å². The minimum Gasteiger partial charge on any atom is -0.493 e. The van der Waals surface area contributed by atoms with E-state index in [-0.39, 0.29) is 12.1 Å². The van der Waals surface area contributed by atoms with Crippen molar-refractivity contribution in [2.24, 2.45) is 0 Å². The molecule has 0 fully saturated rings. The van der Waals surface area contributed by atoms with Gasteiger partial charge in [0.05, 0.1) is 20.3 Å². The third-order valence-corrected chi connectivity index (χ3v) is 4.76. The fraction of sp³-hybridized carbons (Fsp3) is 0.556. The number of benzene rings is 1. The summed E-state index contributed by atoms with van der Waals surface area (Å²) in [6, 6.07) is 3.74. The molecule has 1 aromatic carbocycles. The number of amides is 2. The second kappa shape index (κ2) is 9.47. The summed E-state index contributed by atoms with van der Waals surface area (Å²) in [5.74, 6) is 1.38. The first kappa shape index (κ1) is 20.1. The first-order chi connectivity index (χ1) is 12.5. The molecule has 26 heavy (non-hydrogen) atoms. The van der Waals surface area contributed by atoms with E-state index < -0.39 is 0 Å². The number of rotatable bonds is 6. The monoisotopic (exact) mass is 380 g/mol. The van der Waals surface area contributed by atoms with E-state index >= 15 is 0 Å². The van der Waals surface area contributed by atoms with Crippen LogP contribution in [-0.4, -0.2) is 56.4 Å². The van der Waals surface area contributed by atoms with E-state index in [1.54, 1.807) is 14.2 Å². The third kappa shape index (κ3) is 4.49. The van der Waals surface area contributed by atoms with E-state index in [0.29, 0.717) is 29.7 Å². The highest BCUT2D eigenvalue weighted by atomic mass is 32.1.